The largest absolute Gasteiger partial charge is 0.444 e. The predicted octanol–water partition coefficient (Wildman–Crippen LogP) is -0.672. The third-order valence-electron chi connectivity index (χ3n) is 0.975. The monoisotopic (exact) mass is 142 g/mol. The number of nitrogens with zero attached hydrogens (tertiary/aromatic N) is 3. The van der Waals surface area contributed by atoms with Crippen LogP contribution >= 0.6 is 0 Å². The maximum absolute atomic E-state index is 10.3. The van der Waals surface area contributed by atoms with Gasteiger partial charge in [0.15, 0.2) is 6.73 Å². The Labute approximate surface area is 58.6 Å². The summed E-state index contributed by atoms with van der Waals surface area (Å²) in [5.74, 6) is -0.291. The van der Waals surface area contributed by atoms with Crippen LogP contribution in [-0.4, -0.2) is 30.6 Å². The van der Waals surface area contributed by atoms with E-state index < -0.39 is 0 Å². The molecule has 1 aliphatic rings. The minimum Gasteiger partial charge on any atom is -0.444 e. The van der Waals surface area contributed by atoms with E-state index in [0.717, 1.165) is 0 Å². The zero-order valence-electron chi connectivity index (χ0n) is 5.65. The van der Waals surface area contributed by atoms with Crippen molar-refractivity contribution in [3.8, 4) is 0 Å². The first-order valence-corrected chi connectivity index (χ1v) is 2.86. The Kier molecular flexibility index (Phi) is 2.09. The second kappa shape index (κ2) is 3.05. The molecule has 5 heteroatoms. The summed E-state index contributed by atoms with van der Waals surface area (Å²) in [7, 11) is 0. The summed E-state index contributed by atoms with van der Waals surface area (Å²) in [5.41, 5.74) is 3.65. The molecule has 0 fully saturated rings. The molecule has 0 unspecified atom stereocenters. The number of rotatable bonds is 2. The van der Waals surface area contributed by atoms with E-state index in [9.17, 15) is 4.79 Å². The van der Waals surface area contributed by atoms with Crippen LogP contribution in [0, 0.1) is 0 Å². The molecule has 0 saturated carbocycles. The highest BCUT2D eigenvalue weighted by Gasteiger charge is 2.05. The standard InChI is InChI=1S/C5H8N3O2/c1-5(9)10-4-8-2-6-7-3-8/h2H,3-4H2,1H3. The first kappa shape index (κ1) is 6.85. The van der Waals surface area contributed by atoms with Crippen LogP contribution in [0.4, 0.5) is 0 Å². The van der Waals surface area contributed by atoms with Crippen molar-refractivity contribution in [3.63, 3.8) is 0 Å². The van der Waals surface area contributed by atoms with Crippen molar-refractivity contribution < 1.29 is 9.53 Å². The van der Waals surface area contributed by atoms with Gasteiger partial charge in [0.1, 0.15) is 13.0 Å². The van der Waals surface area contributed by atoms with Crippen molar-refractivity contribution in [2.45, 2.75) is 6.92 Å². The summed E-state index contributed by atoms with van der Waals surface area (Å²) in [6.45, 7) is 2.08. The third-order valence-corrected chi connectivity index (χ3v) is 0.975. The first-order valence-electron chi connectivity index (χ1n) is 2.86. The fraction of sp³-hybridized carbons (Fsp3) is 0.600. The molecule has 1 rings (SSSR count). The average molecular weight is 142 g/mol. The van der Waals surface area contributed by atoms with E-state index in [4.69, 9.17) is 0 Å². The van der Waals surface area contributed by atoms with Gasteiger partial charge in [-0.05, 0) is 0 Å². The lowest BCUT2D eigenvalue weighted by atomic mass is 10.8. The fourth-order valence-electron chi connectivity index (χ4n) is 0.512. The van der Waals surface area contributed by atoms with Crippen LogP contribution in [0.25, 0.3) is 0 Å². The molecule has 0 bridgehead atoms. The zero-order valence-corrected chi connectivity index (χ0v) is 5.65. The molecule has 0 saturated heterocycles. The number of carbonyl (C=O) groups is 1. The van der Waals surface area contributed by atoms with Gasteiger partial charge in [-0.25, -0.2) is 0 Å². The Morgan fingerprint density at radius 2 is 2.70 bits per heavy atom. The minimum atomic E-state index is -0.291. The summed E-state index contributed by atoms with van der Waals surface area (Å²) in [4.78, 5) is 12.0. The molecule has 0 aliphatic carbocycles. The molecule has 0 aromatic rings. The van der Waals surface area contributed by atoms with E-state index >= 15 is 0 Å². The molecule has 0 spiro atoms. The van der Waals surface area contributed by atoms with Gasteiger partial charge in [0, 0.05) is 6.92 Å². The second-order valence-electron chi connectivity index (χ2n) is 1.87. The lowest BCUT2D eigenvalue weighted by Crippen LogP contribution is -2.25. The van der Waals surface area contributed by atoms with Crippen LogP contribution in [0.1, 0.15) is 6.92 Å². The Morgan fingerprint density at radius 3 is 3.20 bits per heavy atom. The quantitative estimate of drug-likeness (QED) is 0.480. The van der Waals surface area contributed by atoms with Gasteiger partial charge >= 0.3 is 5.97 Å². The Balaban J connectivity index is 2.13. The van der Waals surface area contributed by atoms with E-state index in [2.05, 4.69) is 15.3 Å². The van der Waals surface area contributed by atoms with Gasteiger partial charge in [-0.15, -0.1) is 5.10 Å². The Bertz CT molecular complexity index is 157. The van der Waals surface area contributed by atoms with Gasteiger partial charge in [-0.1, -0.05) is 0 Å². The highest BCUT2D eigenvalue weighted by Crippen LogP contribution is 1.89. The van der Waals surface area contributed by atoms with Crippen LogP contribution in [0.15, 0.2) is 5.10 Å². The molecular formula is C5H8N3O2. The lowest BCUT2D eigenvalue weighted by molar-refractivity contribution is -0.143. The van der Waals surface area contributed by atoms with Crippen molar-refractivity contribution >= 4 is 12.3 Å². The van der Waals surface area contributed by atoms with E-state index in [1.807, 2.05) is 0 Å². The molecule has 1 aliphatic heterocycles. The molecule has 55 valence electrons. The van der Waals surface area contributed by atoms with Gasteiger partial charge < -0.3 is 9.64 Å². The average Bonchev–Trinajstić information content (AvgIpc) is 2.34. The van der Waals surface area contributed by atoms with Crippen molar-refractivity contribution in [1.82, 2.24) is 10.3 Å². The van der Waals surface area contributed by atoms with Gasteiger partial charge in [0.05, 0.1) is 0 Å². The maximum Gasteiger partial charge on any atom is 0.304 e. The molecule has 1 heterocycles. The number of carbonyl (C=O) groups excluding carboxylic acids is 1. The highest BCUT2D eigenvalue weighted by atomic mass is 16.5. The smallest absolute Gasteiger partial charge is 0.304 e. The van der Waals surface area contributed by atoms with E-state index in [-0.39, 0.29) is 12.7 Å². The first-order chi connectivity index (χ1) is 4.79. The zero-order chi connectivity index (χ0) is 7.40. The van der Waals surface area contributed by atoms with Crippen LogP contribution in [-0.2, 0) is 9.53 Å². The topological polar surface area (TPSA) is 56.0 Å². The summed E-state index contributed by atoms with van der Waals surface area (Å²) in [5, 5.41) is 3.58. The molecule has 5 nitrogen and oxygen atoms in total. The summed E-state index contributed by atoms with van der Waals surface area (Å²) in [6.07, 6.45) is 1.53. The number of hydrogen-bond donors (Lipinski definition) is 0. The molecule has 1 radical (unpaired) electrons. The molecular weight excluding hydrogens is 134 g/mol. The lowest BCUT2D eigenvalue weighted by Gasteiger charge is -2.10. The molecule has 0 aromatic heterocycles. The summed E-state index contributed by atoms with van der Waals surface area (Å²) in [6, 6.07) is 0. The van der Waals surface area contributed by atoms with E-state index in [1.54, 1.807) is 4.90 Å². The van der Waals surface area contributed by atoms with Crippen molar-refractivity contribution in [2.24, 2.45) is 5.10 Å². The van der Waals surface area contributed by atoms with Crippen molar-refractivity contribution in [3.05, 3.63) is 0 Å². The molecule has 10 heavy (non-hydrogen) atoms. The molecule has 0 N–H and O–H groups in total. The molecule has 0 aromatic carbocycles. The van der Waals surface area contributed by atoms with Crippen LogP contribution in [0.3, 0.4) is 0 Å². The second-order valence-corrected chi connectivity index (χ2v) is 1.87. The molecule has 0 atom stereocenters. The summed E-state index contributed by atoms with van der Waals surface area (Å²) >= 11 is 0. The SMILES string of the molecule is CC(=O)OCN1C=N[N]C1. The van der Waals surface area contributed by atoms with Gasteiger partial charge in [0.2, 0.25) is 0 Å². The van der Waals surface area contributed by atoms with Gasteiger partial charge in [-0.2, -0.15) is 5.43 Å². The van der Waals surface area contributed by atoms with E-state index in [0.29, 0.717) is 6.67 Å². The van der Waals surface area contributed by atoms with Crippen LogP contribution in [0.5, 0.6) is 0 Å². The third kappa shape index (κ3) is 1.93. The van der Waals surface area contributed by atoms with Crippen LogP contribution < -0.4 is 5.43 Å². The maximum atomic E-state index is 10.3. The van der Waals surface area contributed by atoms with E-state index in [1.165, 1.54) is 13.3 Å². The number of hydrogen-bond acceptors (Lipinski definition) is 4. The molecule has 0 amide bonds. The Morgan fingerprint density at radius 1 is 1.90 bits per heavy atom. The van der Waals surface area contributed by atoms with Gasteiger partial charge in [-0.3, -0.25) is 4.79 Å². The minimum absolute atomic E-state index is 0.238. The predicted molar refractivity (Wildman–Crippen MR) is 34.0 cm³/mol. The Hall–Kier alpha value is -1.26. The van der Waals surface area contributed by atoms with Crippen molar-refractivity contribution in [1.29, 1.82) is 0 Å². The number of ether oxygens (including phenoxy) is 1. The fourth-order valence-corrected chi connectivity index (χ4v) is 0.512. The van der Waals surface area contributed by atoms with Crippen LogP contribution in [0.2, 0.25) is 0 Å². The van der Waals surface area contributed by atoms with Gasteiger partial charge in [0.25, 0.3) is 0 Å². The highest BCUT2D eigenvalue weighted by molar-refractivity contribution is 5.66. The summed E-state index contributed by atoms with van der Waals surface area (Å²) < 4.78 is 4.66. The van der Waals surface area contributed by atoms with Crippen molar-refractivity contribution in [2.75, 3.05) is 13.4 Å². The number of esters is 1. The normalized spacial score (nSPS) is 15.1.